The van der Waals surface area contributed by atoms with E-state index < -0.39 is 0 Å². The second-order valence-corrected chi connectivity index (χ2v) is 5.36. The van der Waals surface area contributed by atoms with E-state index in [1.54, 1.807) is 0 Å². The maximum Gasteiger partial charge on any atom is 0.0330 e. The van der Waals surface area contributed by atoms with Crippen molar-refractivity contribution in [2.75, 3.05) is 6.54 Å². The zero-order valence-corrected chi connectivity index (χ0v) is 15.0. The average Bonchev–Trinajstić information content (AvgIpc) is 2.62. The summed E-state index contributed by atoms with van der Waals surface area (Å²) in [7, 11) is 0. The van der Waals surface area contributed by atoms with Gasteiger partial charge in [0.2, 0.25) is 0 Å². The van der Waals surface area contributed by atoms with E-state index in [2.05, 4.69) is 69.0 Å². The molecule has 0 aliphatic heterocycles. The fourth-order valence-electron chi connectivity index (χ4n) is 2.33. The second-order valence-electron chi connectivity index (χ2n) is 5.36. The first kappa shape index (κ1) is 19.3. The Morgan fingerprint density at radius 2 is 2.04 bits per heavy atom. The Bertz CT molecular complexity index is 706. The van der Waals surface area contributed by atoms with Crippen molar-refractivity contribution >= 4 is 6.08 Å². The quantitative estimate of drug-likeness (QED) is 0.483. The van der Waals surface area contributed by atoms with Crippen molar-refractivity contribution in [1.29, 1.82) is 0 Å². The van der Waals surface area contributed by atoms with Crippen molar-refractivity contribution in [3.63, 3.8) is 0 Å². The third-order valence-corrected chi connectivity index (χ3v) is 3.75. The number of benzene rings is 1. The van der Waals surface area contributed by atoms with E-state index in [-0.39, 0.29) is 0 Å². The van der Waals surface area contributed by atoms with Gasteiger partial charge in [-0.1, -0.05) is 68.0 Å². The van der Waals surface area contributed by atoms with Crippen LogP contribution in [0.5, 0.6) is 0 Å². The summed E-state index contributed by atoms with van der Waals surface area (Å²) in [6, 6.07) is 7.92. The summed E-state index contributed by atoms with van der Waals surface area (Å²) in [5.41, 5.74) is 5.56. The van der Waals surface area contributed by atoms with E-state index >= 15 is 0 Å². The predicted molar refractivity (Wildman–Crippen MR) is 107 cm³/mol. The van der Waals surface area contributed by atoms with Gasteiger partial charge in [0, 0.05) is 17.8 Å². The summed E-state index contributed by atoms with van der Waals surface area (Å²) in [5, 5.41) is 3.37. The normalized spacial score (nSPS) is 13.0. The summed E-state index contributed by atoms with van der Waals surface area (Å²) in [6.45, 7) is 10.9. The van der Waals surface area contributed by atoms with Crippen LogP contribution in [0.3, 0.4) is 0 Å². The van der Waals surface area contributed by atoms with Crippen molar-refractivity contribution in [3.05, 3.63) is 89.2 Å². The molecule has 1 aromatic carbocycles. The fraction of sp³-hybridized carbons (Fsp3) is 0.217. The number of rotatable bonds is 8. The third-order valence-electron chi connectivity index (χ3n) is 3.75. The molecule has 0 unspecified atom stereocenters. The van der Waals surface area contributed by atoms with Crippen LogP contribution in [0, 0.1) is 12.3 Å². The van der Waals surface area contributed by atoms with E-state index in [4.69, 9.17) is 6.42 Å². The molecule has 0 atom stereocenters. The first-order valence-electron chi connectivity index (χ1n) is 8.28. The molecule has 1 nitrogen and oxygen atoms in total. The molecule has 0 heterocycles. The number of terminal acetylenes is 1. The van der Waals surface area contributed by atoms with Gasteiger partial charge in [-0.3, -0.25) is 0 Å². The first-order valence-corrected chi connectivity index (χ1v) is 8.28. The molecule has 1 heteroatoms. The number of allylic oxidation sites excluding steroid dienone is 7. The van der Waals surface area contributed by atoms with Crippen molar-refractivity contribution < 1.29 is 0 Å². The van der Waals surface area contributed by atoms with Crippen LogP contribution in [-0.4, -0.2) is 6.54 Å². The minimum absolute atomic E-state index is 0.753. The van der Waals surface area contributed by atoms with Crippen molar-refractivity contribution in [2.45, 2.75) is 27.2 Å². The van der Waals surface area contributed by atoms with Gasteiger partial charge in [-0.25, -0.2) is 0 Å². The Morgan fingerprint density at radius 1 is 1.29 bits per heavy atom. The van der Waals surface area contributed by atoms with E-state index in [9.17, 15) is 0 Å². The highest BCUT2D eigenvalue weighted by atomic mass is 14.9. The maximum absolute atomic E-state index is 5.50. The molecular formula is C23H27N. The molecule has 0 spiro atoms. The molecule has 1 aromatic rings. The Balaban J connectivity index is 2.66. The summed E-state index contributed by atoms with van der Waals surface area (Å²) < 4.78 is 0. The molecule has 124 valence electrons. The zero-order valence-electron chi connectivity index (χ0n) is 15.0. The highest BCUT2D eigenvalue weighted by Gasteiger charge is 1.96. The van der Waals surface area contributed by atoms with Gasteiger partial charge in [0.25, 0.3) is 0 Å². The van der Waals surface area contributed by atoms with Gasteiger partial charge < -0.3 is 5.32 Å². The first-order chi connectivity index (χ1) is 11.7. The van der Waals surface area contributed by atoms with Crippen LogP contribution in [-0.2, 0) is 0 Å². The molecule has 1 rings (SSSR count). The molecule has 0 saturated carbocycles. The largest absolute Gasteiger partial charge is 0.385 e. The van der Waals surface area contributed by atoms with E-state index in [1.807, 2.05) is 30.3 Å². The van der Waals surface area contributed by atoms with Crippen LogP contribution >= 0.6 is 0 Å². The van der Waals surface area contributed by atoms with E-state index in [1.165, 1.54) is 11.1 Å². The van der Waals surface area contributed by atoms with Crippen LogP contribution in [0.1, 0.15) is 38.3 Å². The highest BCUT2D eigenvalue weighted by Crippen LogP contribution is 2.15. The lowest BCUT2D eigenvalue weighted by molar-refractivity contribution is 0.906. The van der Waals surface area contributed by atoms with Gasteiger partial charge in [-0.15, -0.1) is 6.42 Å². The lowest BCUT2D eigenvalue weighted by Gasteiger charge is -2.05. The molecule has 0 radical (unpaired) electrons. The number of hydrogen-bond acceptors (Lipinski definition) is 1. The van der Waals surface area contributed by atoms with Crippen molar-refractivity contribution in [1.82, 2.24) is 5.32 Å². The Hall–Kier alpha value is -2.72. The third kappa shape index (κ3) is 6.18. The van der Waals surface area contributed by atoms with Crippen LogP contribution < -0.4 is 5.32 Å². The second kappa shape index (κ2) is 10.9. The summed E-state index contributed by atoms with van der Waals surface area (Å²) in [6.07, 6.45) is 18.9. The molecule has 1 N–H and O–H groups in total. The summed E-state index contributed by atoms with van der Waals surface area (Å²) in [5.74, 6) is 2.70. The van der Waals surface area contributed by atoms with Crippen LogP contribution in [0.4, 0.5) is 0 Å². The van der Waals surface area contributed by atoms with Gasteiger partial charge in [0.1, 0.15) is 0 Å². The molecule has 0 bridgehead atoms. The zero-order chi connectivity index (χ0) is 17.8. The van der Waals surface area contributed by atoms with Gasteiger partial charge in [-0.05, 0) is 49.1 Å². The SMILES string of the molecule is C#Cc1ccccc1/C=C\CN/C(C)=C/C=C(C=C)/C(=C/C)CC. The van der Waals surface area contributed by atoms with Gasteiger partial charge in [0.15, 0.2) is 0 Å². The van der Waals surface area contributed by atoms with Gasteiger partial charge >= 0.3 is 0 Å². The smallest absolute Gasteiger partial charge is 0.0330 e. The minimum atomic E-state index is 0.753. The van der Waals surface area contributed by atoms with Crippen molar-refractivity contribution in [2.24, 2.45) is 0 Å². The van der Waals surface area contributed by atoms with E-state index in [0.29, 0.717) is 0 Å². The maximum atomic E-state index is 5.50. The molecule has 0 aliphatic rings. The monoisotopic (exact) mass is 317 g/mol. The lowest BCUT2D eigenvalue weighted by atomic mass is 10.0. The molecular weight excluding hydrogens is 290 g/mol. The highest BCUT2D eigenvalue weighted by molar-refractivity contribution is 5.58. The van der Waals surface area contributed by atoms with Gasteiger partial charge in [0.05, 0.1) is 0 Å². The molecule has 0 saturated heterocycles. The van der Waals surface area contributed by atoms with Crippen LogP contribution in [0.25, 0.3) is 6.08 Å². The number of hydrogen-bond donors (Lipinski definition) is 1. The topological polar surface area (TPSA) is 12.0 Å². The Labute approximate surface area is 147 Å². The van der Waals surface area contributed by atoms with Crippen LogP contribution in [0.15, 0.2) is 78.1 Å². The summed E-state index contributed by atoms with van der Waals surface area (Å²) >= 11 is 0. The molecule has 0 aliphatic carbocycles. The minimum Gasteiger partial charge on any atom is -0.385 e. The number of nitrogens with one attached hydrogen (secondary N) is 1. The molecule has 0 aromatic heterocycles. The predicted octanol–water partition coefficient (Wildman–Crippen LogP) is 5.64. The van der Waals surface area contributed by atoms with E-state index in [0.717, 1.165) is 29.8 Å². The van der Waals surface area contributed by atoms with Crippen LogP contribution in [0.2, 0.25) is 0 Å². The molecule has 0 amide bonds. The summed E-state index contributed by atoms with van der Waals surface area (Å²) in [4.78, 5) is 0. The molecule has 0 fully saturated rings. The fourth-order valence-corrected chi connectivity index (χ4v) is 2.33. The van der Waals surface area contributed by atoms with Gasteiger partial charge in [-0.2, -0.15) is 0 Å². The van der Waals surface area contributed by atoms with Crippen molar-refractivity contribution in [3.8, 4) is 12.3 Å². The average molecular weight is 317 g/mol. The standard InChI is InChI=1S/C23H27N/c1-6-20(7-2)22(9-4)17-16-19(5)24-18-12-15-23-14-11-10-13-21(23)8-3/h3,6,9-17,24H,4,7,18H2,1-2,5H3/b15-12-,19-16+,20-6+,22-17+. The Morgan fingerprint density at radius 3 is 2.67 bits per heavy atom. The lowest BCUT2D eigenvalue weighted by Crippen LogP contribution is -2.10. The Kier molecular flexibility index (Phi) is 8.79. The molecule has 24 heavy (non-hydrogen) atoms.